The molecule has 0 saturated carbocycles. The molecule has 0 aromatic heterocycles. The topological polar surface area (TPSA) is 26.3 Å². The monoisotopic (exact) mass is 140 g/mol. The zero-order chi connectivity index (χ0) is 7.40. The number of ketones is 1. The molecule has 0 N–H and O–H groups in total. The quantitative estimate of drug-likeness (QED) is 0.583. The van der Waals surface area contributed by atoms with E-state index < -0.39 is 0 Å². The first kappa shape index (κ1) is 7.32. The van der Waals surface area contributed by atoms with Crippen LogP contribution in [0.5, 0.6) is 0 Å². The third-order valence-electron chi connectivity index (χ3n) is 1.54. The van der Waals surface area contributed by atoms with Gasteiger partial charge in [-0.2, -0.15) is 0 Å². The van der Waals surface area contributed by atoms with Gasteiger partial charge in [0.05, 0.1) is 6.26 Å². The zero-order valence-electron chi connectivity index (χ0n) is 6.17. The fraction of sp³-hybridized carbons (Fsp3) is 0.625. The Balaban J connectivity index is 2.28. The van der Waals surface area contributed by atoms with Crippen LogP contribution < -0.4 is 0 Å². The van der Waals surface area contributed by atoms with Gasteiger partial charge >= 0.3 is 0 Å². The molecule has 1 heterocycles. The first-order chi connectivity index (χ1) is 4.79. The summed E-state index contributed by atoms with van der Waals surface area (Å²) in [6.07, 6.45) is 6.40. The van der Waals surface area contributed by atoms with Crippen molar-refractivity contribution < 1.29 is 9.53 Å². The van der Waals surface area contributed by atoms with E-state index in [1.165, 1.54) is 0 Å². The predicted molar refractivity (Wildman–Crippen MR) is 38.5 cm³/mol. The molecule has 0 bridgehead atoms. The maximum Gasteiger partial charge on any atom is 0.133 e. The minimum Gasteiger partial charge on any atom is -0.498 e. The molecule has 1 aliphatic rings. The fourth-order valence-electron chi connectivity index (χ4n) is 1.06. The normalized spacial score (nSPS) is 23.9. The lowest BCUT2D eigenvalue weighted by Gasteiger charge is -2.17. The molecule has 1 unspecified atom stereocenters. The van der Waals surface area contributed by atoms with Gasteiger partial charge in [0.1, 0.15) is 11.9 Å². The highest BCUT2D eigenvalue weighted by Crippen LogP contribution is 2.13. The molecule has 56 valence electrons. The van der Waals surface area contributed by atoms with Crippen LogP contribution in [0.2, 0.25) is 0 Å². The average Bonchev–Trinajstić information content (AvgIpc) is 1.88. The molecule has 0 saturated heterocycles. The van der Waals surface area contributed by atoms with Crippen molar-refractivity contribution in [2.45, 2.75) is 32.3 Å². The molecule has 2 nitrogen and oxygen atoms in total. The second-order valence-corrected chi connectivity index (χ2v) is 2.61. The van der Waals surface area contributed by atoms with Crippen LogP contribution >= 0.6 is 0 Å². The highest BCUT2D eigenvalue weighted by molar-refractivity contribution is 5.75. The van der Waals surface area contributed by atoms with Gasteiger partial charge in [0, 0.05) is 6.42 Å². The lowest BCUT2D eigenvalue weighted by Crippen LogP contribution is -2.15. The summed E-state index contributed by atoms with van der Waals surface area (Å²) in [4.78, 5) is 10.6. The number of allylic oxidation sites excluding steroid dienone is 1. The summed E-state index contributed by atoms with van der Waals surface area (Å²) < 4.78 is 5.19. The van der Waals surface area contributed by atoms with E-state index >= 15 is 0 Å². The molecule has 2 heteroatoms. The molecule has 1 rings (SSSR count). The molecule has 0 aromatic carbocycles. The van der Waals surface area contributed by atoms with E-state index in [0.717, 1.165) is 12.8 Å². The van der Waals surface area contributed by atoms with Crippen molar-refractivity contribution in [2.24, 2.45) is 0 Å². The number of carbonyl (C=O) groups excluding carboxylic acids is 1. The molecule has 0 aliphatic carbocycles. The van der Waals surface area contributed by atoms with Gasteiger partial charge in [0.15, 0.2) is 0 Å². The van der Waals surface area contributed by atoms with Crippen molar-refractivity contribution in [2.75, 3.05) is 0 Å². The highest BCUT2D eigenvalue weighted by atomic mass is 16.5. The van der Waals surface area contributed by atoms with Crippen molar-refractivity contribution in [3.63, 3.8) is 0 Å². The van der Waals surface area contributed by atoms with Gasteiger partial charge in [-0.3, -0.25) is 4.79 Å². The summed E-state index contributed by atoms with van der Waals surface area (Å²) in [7, 11) is 0. The van der Waals surface area contributed by atoms with Gasteiger partial charge in [0.25, 0.3) is 0 Å². The smallest absolute Gasteiger partial charge is 0.133 e. The second-order valence-electron chi connectivity index (χ2n) is 2.61. The number of ether oxygens (including phenoxy) is 1. The minimum atomic E-state index is 0.141. The maximum absolute atomic E-state index is 10.6. The number of carbonyl (C=O) groups is 1. The number of hydrogen-bond acceptors (Lipinski definition) is 2. The predicted octanol–water partition coefficient (Wildman–Crippen LogP) is 1.66. The van der Waals surface area contributed by atoms with Crippen molar-refractivity contribution in [1.29, 1.82) is 0 Å². The lowest BCUT2D eigenvalue weighted by molar-refractivity contribution is -0.119. The Bertz CT molecular complexity index is 149. The summed E-state index contributed by atoms with van der Waals surface area (Å²) >= 11 is 0. The third-order valence-corrected chi connectivity index (χ3v) is 1.54. The SMILES string of the molecule is CC(=O)CC1CCC=CO1. The molecule has 10 heavy (non-hydrogen) atoms. The zero-order valence-corrected chi connectivity index (χ0v) is 6.17. The largest absolute Gasteiger partial charge is 0.498 e. The Hall–Kier alpha value is -0.790. The van der Waals surface area contributed by atoms with Crippen LogP contribution in [0.4, 0.5) is 0 Å². The first-order valence-electron chi connectivity index (χ1n) is 3.59. The Kier molecular flexibility index (Phi) is 2.49. The molecule has 1 atom stereocenters. The molecule has 1 aliphatic heterocycles. The van der Waals surface area contributed by atoms with Crippen LogP contribution in [0, 0.1) is 0 Å². The number of rotatable bonds is 2. The summed E-state index contributed by atoms with van der Waals surface area (Å²) in [6, 6.07) is 0. The van der Waals surface area contributed by atoms with E-state index in [0.29, 0.717) is 6.42 Å². The number of hydrogen-bond donors (Lipinski definition) is 0. The molecule has 0 fully saturated rings. The van der Waals surface area contributed by atoms with E-state index in [4.69, 9.17) is 4.74 Å². The van der Waals surface area contributed by atoms with Gasteiger partial charge in [-0.1, -0.05) is 0 Å². The van der Waals surface area contributed by atoms with Gasteiger partial charge in [-0.15, -0.1) is 0 Å². The summed E-state index contributed by atoms with van der Waals surface area (Å²) in [5.74, 6) is 0.209. The van der Waals surface area contributed by atoms with Crippen LogP contribution in [0.15, 0.2) is 12.3 Å². The second kappa shape index (κ2) is 3.40. The highest BCUT2D eigenvalue weighted by Gasteiger charge is 2.12. The number of Topliss-reactive ketones (excluding diaryl/α,β-unsaturated/α-hetero) is 1. The van der Waals surface area contributed by atoms with Gasteiger partial charge in [0.2, 0.25) is 0 Å². The summed E-state index contributed by atoms with van der Waals surface area (Å²) in [6.45, 7) is 1.60. The first-order valence-corrected chi connectivity index (χ1v) is 3.59. The van der Waals surface area contributed by atoms with E-state index in [2.05, 4.69) is 0 Å². The summed E-state index contributed by atoms with van der Waals surface area (Å²) in [5, 5.41) is 0. The van der Waals surface area contributed by atoms with Gasteiger partial charge < -0.3 is 4.74 Å². The minimum absolute atomic E-state index is 0.141. The van der Waals surface area contributed by atoms with Crippen LogP contribution in [-0.2, 0) is 9.53 Å². The van der Waals surface area contributed by atoms with E-state index in [-0.39, 0.29) is 11.9 Å². The Morgan fingerprint density at radius 1 is 1.80 bits per heavy atom. The molecular weight excluding hydrogens is 128 g/mol. The van der Waals surface area contributed by atoms with Crippen molar-refractivity contribution in [3.05, 3.63) is 12.3 Å². The average molecular weight is 140 g/mol. The Morgan fingerprint density at radius 3 is 3.10 bits per heavy atom. The standard InChI is InChI=1S/C8H12O2/c1-7(9)6-8-4-2-3-5-10-8/h3,5,8H,2,4,6H2,1H3. The third kappa shape index (κ3) is 2.21. The van der Waals surface area contributed by atoms with Crippen molar-refractivity contribution in [1.82, 2.24) is 0 Å². The Labute approximate surface area is 60.9 Å². The van der Waals surface area contributed by atoms with Gasteiger partial charge in [-0.25, -0.2) is 0 Å². The van der Waals surface area contributed by atoms with Crippen LogP contribution in [-0.4, -0.2) is 11.9 Å². The molecule has 0 radical (unpaired) electrons. The van der Waals surface area contributed by atoms with Crippen LogP contribution in [0.25, 0.3) is 0 Å². The molecule has 0 amide bonds. The molecule has 0 aromatic rings. The van der Waals surface area contributed by atoms with E-state index in [1.54, 1.807) is 13.2 Å². The molecule has 0 spiro atoms. The van der Waals surface area contributed by atoms with E-state index in [1.807, 2.05) is 6.08 Å². The van der Waals surface area contributed by atoms with Crippen LogP contribution in [0.3, 0.4) is 0 Å². The van der Waals surface area contributed by atoms with Crippen LogP contribution in [0.1, 0.15) is 26.2 Å². The fourth-order valence-corrected chi connectivity index (χ4v) is 1.06. The van der Waals surface area contributed by atoms with Gasteiger partial charge in [-0.05, 0) is 25.8 Å². The van der Waals surface area contributed by atoms with E-state index in [9.17, 15) is 4.79 Å². The van der Waals surface area contributed by atoms with Crippen molar-refractivity contribution >= 4 is 5.78 Å². The lowest BCUT2D eigenvalue weighted by atomic mass is 10.1. The summed E-state index contributed by atoms with van der Waals surface area (Å²) in [5.41, 5.74) is 0. The molecular formula is C8H12O2. The van der Waals surface area contributed by atoms with Crippen molar-refractivity contribution in [3.8, 4) is 0 Å². The maximum atomic E-state index is 10.6. The Morgan fingerprint density at radius 2 is 2.60 bits per heavy atom.